The van der Waals surface area contributed by atoms with Gasteiger partial charge in [-0.2, -0.15) is 0 Å². The largest absolute Gasteiger partial charge is 0.504 e. The molecule has 2 fully saturated rings. The van der Waals surface area contributed by atoms with Crippen molar-refractivity contribution in [3.05, 3.63) is 177 Å². The third-order valence-electron chi connectivity index (χ3n) is 13.7. The number of ether oxygens (including phenoxy) is 2. The van der Waals surface area contributed by atoms with Crippen LogP contribution in [0.25, 0.3) is 0 Å². The van der Waals surface area contributed by atoms with Crippen LogP contribution in [0.15, 0.2) is 133 Å². The number of Topliss-reactive ketones (excluding diaryl/α,β-unsaturated/α-hetero) is 2. The molecule has 6 N–H and O–H groups in total. The number of aromatic hydroxyl groups is 2. The van der Waals surface area contributed by atoms with Gasteiger partial charge < -0.3 is 30.3 Å². The molecule has 10 rings (SSSR count). The van der Waals surface area contributed by atoms with E-state index < -0.39 is 76.6 Å². The van der Waals surface area contributed by atoms with Crippen LogP contribution in [0.3, 0.4) is 0 Å². The molecule has 0 aliphatic carbocycles. The van der Waals surface area contributed by atoms with E-state index in [2.05, 4.69) is 21.3 Å². The van der Waals surface area contributed by atoms with Crippen molar-refractivity contribution in [3.8, 4) is 23.0 Å². The zero-order chi connectivity index (χ0) is 45.4. The van der Waals surface area contributed by atoms with Crippen molar-refractivity contribution in [2.24, 2.45) is 11.8 Å². The van der Waals surface area contributed by atoms with Crippen molar-refractivity contribution in [3.63, 3.8) is 0 Å². The van der Waals surface area contributed by atoms with Crippen LogP contribution in [0.5, 0.6) is 23.0 Å². The number of hydrogen-bond acceptors (Lipinski definition) is 10. The average molecular weight is 910 g/mol. The van der Waals surface area contributed by atoms with Gasteiger partial charge in [-0.3, -0.25) is 29.8 Å². The van der Waals surface area contributed by atoms with Crippen molar-refractivity contribution in [2.45, 2.75) is 41.4 Å². The first-order valence-electron chi connectivity index (χ1n) is 21.1. The van der Waals surface area contributed by atoms with Gasteiger partial charge in [-0.15, -0.1) is 0 Å². The molecule has 2 spiro atoms. The number of anilines is 2. The number of halogens is 2. The summed E-state index contributed by atoms with van der Waals surface area (Å²) in [6.45, 7) is 0. The van der Waals surface area contributed by atoms with Crippen LogP contribution in [0, 0.1) is 11.8 Å². The molecule has 0 saturated carbocycles. The molecule has 4 aliphatic rings. The minimum absolute atomic E-state index is 0.119. The van der Waals surface area contributed by atoms with E-state index in [1.54, 1.807) is 60.7 Å². The third-order valence-corrected chi connectivity index (χ3v) is 14.2. The van der Waals surface area contributed by atoms with Gasteiger partial charge in [-0.25, -0.2) is 0 Å². The summed E-state index contributed by atoms with van der Waals surface area (Å²) in [5.74, 6) is -6.20. The normalized spacial score (nSPS) is 26.2. The first-order chi connectivity index (χ1) is 31.4. The minimum Gasteiger partial charge on any atom is -0.504 e. The lowest BCUT2D eigenvalue weighted by Gasteiger charge is -2.33. The monoisotopic (exact) mass is 908 g/mol. The Balaban J connectivity index is 1.16. The smallest absolute Gasteiger partial charge is 0.250 e. The molecule has 12 nitrogen and oxygen atoms in total. The molecular weight excluding hydrogens is 867 g/mol. The second kappa shape index (κ2) is 16.1. The Labute approximate surface area is 383 Å². The lowest BCUT2D eigenvalue weighted by Crippen LogP contribution is -2.51. The SMILES string of the molecule is COc1ccc(C2C(c3ccccc3)NC3(C(=O)Nc4ccc(Cl)cc43)C2C(=O)CC(=O)C2C(c3ccccc3)NC3(C(=O)Nc4ccc(Cl)cc43)C2c2ccc(O)c(OC)c2)cc1O. The quantitative estimate of drug-likeness (QED) is 0.0732. The summed E-state index contributed by atoms with van der Waals surface area (Å²) < 4.78 is 11.0. The molecule has 6 aromatic carbocycles. The zero-order valence-electron chi connectivity index (χ0n) is 35.0. The number of rotatable bonds is 10. The number of benzene rings is 6. The van der Waals surface area contributed by atoms with Gasteiger partial charge in [0.05, 0.1) is 26.6 Å². The fourth-order valence-electron chi connectivity index (χ4n) is 11.0. The number of phenols is 2. The van der Waals surface area contributed by atoms with Crippen molar-refractivity contribution in [1.82, 2.24) is 10.6 Å². The van der Waals surface area contributed by atoms with E-state index in [9.17, 15) is 19.8 Å². The van der Waals surface area contributed by atoms with Gasteiger partial charge in [-0.05, 0) is 82.9 Å². The highest BCUT2D eigenvalue weighted by Crippen LogP contribution is 2.61. The van der Waals surface area contributed by atoms with E-state index in [0.29, 0.717) is 49.2 Å². The van der Waals surface area contributed by atoms with Crippen LogP contribution in [0.4, 0.5) is 11.4 Å². The predicted molar refractivity (Wildman–Crippen MR) is 245 cm³/mol. The number of carbonyl (C=O) groups excluding carboxylic acids is 4. The number of nitrogens with one attached hydrogen (secondary N) is 4. The van der Waals surface area contributed by atoms with E-state index >= 15 is 9.59 Å². The molecule has 8 atom stereocenters. The van der Waals surface area contributed by atoms with Gasteiger partial charge in [0.15, 0.2) is 23.0 Å². The molecule has 0 aromatic heterocycles. The summed E-state index contributed by atoms with van der Waals surface area (Å²) in [7, 11) is 2.84. The van der Waals surface area contributed by atoms with E-state index in [4.69, 9.17) is 32.7 Å². The first kappa shape index (κ1) is 42.3. The number of fused-ring (bicyclic) bond motifs is 4. The molecule has 328 valence electrons. The number of methoxy groups -OCH3 is 2. The Morgan fingerprint density at radius 3 is 1.74 bits per heavy atom. The van der Waals surface area contributed by atoms with Crippen LogP contribution < -0.4 is 30.7 Å². The van der Waals surface area contributed by atoms with Gasteiger partial charge >= 0.3 is 0 Å². The summed E-state index contributed by atoms with van der Waals surface area (Å²) >= 11 is 13.3. The van der Waals surface area contributed by atoms with Crippen LogP contribution in [-0.4, -0.2) is 47.8 Å². The van der Waals surface area contributed by atoms with Crippen molar-refractivity contribution >= 4 is 58.0 Å². The van der Waals surface area contributed by atoms with Gasteiger partial charge in [0.25, 0.3) is 0 Å². The fraction of sp³-hybridized carbons (Fsp3) is 0.216. The van der Waals surface area contributed by atoms with Crippen LogP contribution in [0.2, 0.25) is 10.0 Å². The van der Waals surface area contributed by atoms with E-state index in [0.717, 1.165) is 5.56 Å². The number of amides is 2. The Morgan fingerprint density at radius 1 is 0.585 bits per heavy atom. The van der Waals surface area contributed by atoms with E-state index in [1.165, 1.54) is 26.4 Å². The van der Waals surface area contributed by atoms with Gasteiger partial charge in [0.1, 0.15) is 22.6 Å². The first-order valence-corrected chi connectivity index (χ1v) is 21.8. The maximum absolute atomic E-state index is 15.9. The Bertz CT molecular complexity index is 2940. The van der Waals surface area contributed by atoms with Crippen LogP contribution in [-0.2, 0) is 30.3 Å². The summed E-state index contributed by atoms with van der Waals surface area (Å²) in [6.07, 6.45) is -0.668. The van der Waals surface area contributed by atoms with Gasteiger partial charge in [0, 0.05) is 62.4 Å². The van der Waals surface area contributed by atoms with Gasteiger partial charge in [-0.1, -0.05) is 96.0 Å². The predicted octanol–water partition coefficient (Wildman–Crippen LogP) is 8.43. The zero-order valence-corrected chi connectivity index (χ0v) is 36.5. The summed E-state index contributed by atoms with van der Waals surface area (Å²) in [5, 5.41) is 35.9. The number of ketones is 2. The second-order valence-corrected chi connectivity index (χ2v) is 17.8. The lowest BCUT2D eigenvalue weighted by molar-refractivity contribution is -0.136. The molecule has 4 aliphatic heterocycles. The van der Waals surface area contributed by atoms with E-state index in [1.807, 2.05) is 60.7 Å². The lowest BCUT2D eigenvalue weighted by atomic mass is 9.67. The van der Waals surface area contributed by atoms with Crippen molar-refractivity contribution < 1.29 is 38.9 Å². The molecular formula is C51H42Cl2N4O8. The summed E-state index contributed by atoms with van der Waals surface area (Å²) in [4.78, 5) is 61.4. The highest BCUT2D eigenvalue weighted by atomic mass is 35.5. The standard InChI is InChI=1S/C51H42Cl2N4O8/c1-64-40-20-14-28(21-37(40)59)42-45(51(56-46(42)26-9-5-3-6-10-26)33-24-31(53)16-18-35(33)55-49(51)63)39(61)25-38(60)43-44(29-13-19-36(58)41(22-29)65-2)50(57-47(43)27-11-7-4-8-12-27)32-23-30(52)15-17-34(32)54-48(50)62/h3-24,42-47,56-59H,25H2,1-2H3,(H,54,62)(H,55,63). The van der Waals surface area contributed by atoms with Crippen LogP contribution >= 0.6 is 23.2 Å². The molecule has 4 heterocycles. The van der Waals surface area contributed by atoms with Crippen molar-refractivity contribution in [1.29, 1.82) is 0 Å². The molecule has 6 aromatic rings. The highest BCUT2D eigenvalue weighted by Gasteiger charge is 2.67. The van der Waals surface area contributed by atoms with Crippen molar-refractivity contribution in [2.75, 3.05) is 24.9 Å². The molecule has 0 bridgehead atoms. The second-order valence-electron chi connectivity index (χ2n) is 16.9. The minimum atomic E-state index is -1.74. The molecule has 14 heteroatoms. The Hall–Kier alpha value is -6.70. The third kappa shape index (κ3) is 6.57. The van der Waals surface area contributed by atoms with Gasteiger partial charge in [0.2, 0.25) is 11.8 Å². The average Bonchev–Trinajstić information content (AvgIpc) is 4.02. The Kier molecular flexibility index (Phi) is 10.5. The van der Waals surface area contributed by atoms with Crippen LogP contribution in [0.1, 0.15) is 63.7 Å². The molecule has 8 unspecified atom stereocenters. The van der Waals surface area contributed by atoms with E-state index in [-0.39, 0.29) is 23.0 Å². The maximum Gasteiger partial charge on any atom is 0.250 e. The maximum atomic E-state index is 15.9. The molecule has 2 amide bonds. The summed E-state index contributed by atoms with van der Waals surface area (Å²) in [6, 6.07) is 36.7. The number of hydrogen-bond donors (Lipinski definition) is 6. The highest BCUT2D eigenvalue weighted by molar-refractivity contribution is 6.31. The molecule has 0 radical (unpaired) electrons. The number of phenolic OH excluding ortho intramolecular Hbond substituents is 2. The topological polar surface area (TPSA) is 175 Å². The molecule has 65 heavy (non-hydrogen) atoms. The fourth-order valence-corrected chi connectivity index (χ4v) is 11.4. The summed E-state index contributed by atoms with van der Waals surface area (Å²) in [5.41, 5.74) is 0.999. The number of carbonyl (C=O) groups is 4. The Morgan fingerprint density at radius 2 is 1.14 bits per heavy atom. The molecule has 2 saturated heterocycles.